The predicted molar refractivity (Wildman–Crippen MR) is 237 cm³/mol. The molecule has 0 amide bonds. The molecule has 0 saturated carbocycles. The Morgan fingerprint density at radius 1 is 0.456 bits per heavy atom. The van der Waals surface area contributed by atoms with Crippen LogP contribution in [-0.2, 0) is 0 Å². The van der Waals surface area contributed by atoms with Crippen molar-refractivity contribution in [3.05, 3.63) is 200 Å². The first-order valence-electron chi connectivity index (χ1n) is 19.4. The van der Waals surface area contributed by atoms with Gasteiger partial charge in [0.1, 0.15) is 0 Å². The van der Waals surface area contributed by atoms with Crippen LogP contribution in [0.15, 0.2) is 205 Å². The Bertz CT molecular complexity index is 3310. The zero-order valence-corrected chi connectivity index (χ0v) is 32.9. The van der Waals surface area contributed by atoms with E-state index >= 15 is 0 Å². The number of furan rings is 1. The van der Waals surface area contributed by atoms with Crippen LogP contribution < -0.4 is 17.7 Å². The van der Waals surface area contributed by atoms with Crippen molar-refractivity contribution >= 4 is 74.7 Å². The molecule has 0 saturated heterocycles. The SMILES string of the molecule is c1ccc(-c2nc(-c3cccc(-n4c5ccccc5c5c6c(ccc54)oc4ccccc46)c3)c3[c](n2)[Ge]([c]2ccccc2)([c]2ccccc2)[c]2ccccc2-3)cc1. The maximum absolute atomic E-state index is 6.38. The molecule has 0 atom stereocenters. The first-order chi connectivity index (χ1) is 28.3. The molecule has 4 nitrogen and oxygen atoms in total. The molecule has 0 bridgehead atoms. The zero-order valence-electron chi connectivity index (χ0n) is 30.8. The molecule has 57 heavy (non-hydrogen) atoms. The van der Waals surface area contributed by atoms with E-state index in [4.69, 9.17) is 14.4 Å². The summed E-state index contributed by atoms with van der Waals surface area (Å²) in [5.74, 6) is 0.746. The molecule has 0 N–H and O–H groups in total. The fraction of sp³-hybridized carbons (Fsp3) is 0. The number of aromatic nitrogens is 3. The summed E-state index contributed by atoms with van der Waals surface area (Å²) in [7, 11) is 0. The van der Waals surface area contributed by atoms with Gasteiger partial charge in [-0.3, -0.25) is 0 Å². The summed E-state index contributed by atoms with van der Waals surface area (Å²) in [6.07, 6.45) is 0. The second-order valence-corrected chi connectivity index (χ2v) is 22.5. The van der Waals surface area contributed by atoms with Crippen molar-refractivity contribution in [1.29, 1.82) is 0 Å². The number of fused-ring (bicyclic) bond motifs is 10. The minimum atomic E-state index is -3.68. The number of benzene rings is 8. The molecular weight excluding hydrogens is 755 g/mol. The Balaban J connectivity index is 1.17. The first-order valence-corrected chi connectivity index (χ1v) is 23.6. The molecule has 0 aliphatic carbocycles. The van der Waals surface area contributed by atoms with Gasteiger partial charge in [-0.2, -0.15) is 0 Å². The summed E-state index contributed by atoms with van der Waals surface area (Å²) < 4.78 is 14.1. The Labute approximate surface area is 331 Å². The summed E-state index contributed by atoms with van der Waals surface area (Å²) in [6.45, 7) is 0. The first kappa shape index (κ1) is 32.2. The van der Waals surface area contributed by atoms with Crippen molar-refractivity contribution in [3.8, 4) is 39.5 Å². The van der Waals surface area contributed by atoms with E-state index in [0.29, 0.717) is 0 Å². The van der Waals surface area contributed by atoms with Crippen LogP contribution in [0.25, 0.3) is 83.2 Å². The fourth-order valence-electron chi connectivity index (χ4n) is 9.54. The molecule has 3 aromatic heterocycles. The molecule has 4 heterocycles. The van der Waals surface area contributed by atoms with Gasteiger partial charge >= 0.3 is 315 Å². The molecule has 5 heteroatoms. The monoisotopic (exact) mass is 789 g/mol. The van der Waals surface area contributed by atoms with Crippen LogP contribution in [0.3, 0.4) is 0 Å². The zero-order chi connectivity index (χ0) is 37.5. The number of hydrogen-bond donors (Lipinski definition) is 0. The van der Waals surface area contributed by atoms with Gasteiger partial charge in [-0.05, 0) is 6.07 Å². The molecular formula is C52H33GeN3O. The van der Waals surface area contributed by atoms with Gasteiger partial charge < -0.3 is 0 Å². The van der Waals surface area contributed by atoms with Gasteiger partial charge in [0.05, 0.1) is 0 Å². The van der Waals surface area contributed by atoms with Crippen molar-refractivity contribution in [2.75, 3.05) is 0 Å². The molecule has 0 fully saturated rings. The van der Waals surface area contributed by atoms with Gasteiger partial charge in [0.15, 0.2) is 0 Å². The molecule has 1 aliphatic rings. The Morgan fingerprint density at radius 3 is 1.89 bits per heavy atom. The Kier molecular flexibility index (Phi) is 7.07. The predicted octanol–water partition coefficient (Wildman–Crippen LogP) is 10.2. The second-order valence-electron chi connectivity index (χ2n) is 14.8. The maximum atomic E-state index is 6.38. The van der Waals surface area contributed by atoms with E-state index in [1.165, 1.54) is 34.1 Å². The molecule has 11 aromatic rings. The van der Waals surface area contributed by atoms with Crippen molar-refractivity contribution < 1.29 is 4.42 Å². The van der Waals surface area contributed by atoms with Crippen molar-refractivity contribution in [2.45, 2.75) is 0 Å². The van der Waals surface area contributed by atoms with Gasteiger partial charge in [-0.15, -0.1) is 0 Å². The van der Waals surface area contributed by atoms with Gasteiger partial charge in [-0.25, -0.2) is 0 Å². The third kappa shape index (κ3) is 4.62. The average Bonchev–Trinajstić information content (AvgIpc) is 3.93. The molecule has 0 spiro atoms. The molecule has 266 valence electrons. The van der Waals surface area contributed by atoms with Gasteiger partial charge in [0, 0.05) is 0 Å². The van der Waals surface area contributed by atoms with Crippen molar-refractivity contribution in [3.63, 3.8) is 0 Å². The van der Waals surface area contributed by atoms with E-state index in [1.807, 2.05) is 6.07 Å². The summed E-state index contributed by atoms with van der Waals surface area (Å²) in [4.78, 5) is 11.2. The van der Waals surface area contributed by atoms with Crippen LogP contribution in [0.4, 0.5) is 0 Å². The average molecular weight is 788 g/mol. The third-order valence-electron chi connectivity index (χ3n) is 11.9. The normalized spacial score (nSPS) is 13.1. The van der Waals surface area contributed by atoms with E-state index in [0.717, 1.165) is 66.9 Å². The van der Waals surface area contributed by atoms with Crippen LogP contribution in [0.1, 0.15) is 0 Å². The van der Waals surface area contributed by atoms with Gasteiger partial charge in [0.2, 0.25) is 0 Å². The van der Waals surface area contributed by atoms with Crippen LogP contribution >= 0.6 is 0 Å². The van der Waals surface area contributed by atoms with E-state index in [1.54, 1.807) is 0 Å². The molecule has 0 radical (unpaired) electrons. The van der Waals surface area contributed by atoms with E-state index in [-0.39, 0.29) is 0 Å². The van der Waals surface area contributed by atoms with Crippen LogP contribution in [0.2, 0.25) is 0 Å². The number of nitrogens with zero attached hydrogens (tertiary/aromatic N) is 3. The quantitative estimate of drug-likeness (QED) is 0.163. The molecule has 0 unspecified atom stereocenters. The molecule has 12 rings (SSSR count). The van der Waals surface area contributed by atoms with Crippen molar-refractivity contribution in [1.82, 2.24) is 14.5 Å². The van der Waals surface area contributed by atoms with E-state index in [2.05, 4.69) is 199 Å². The number of rotatable bonds is 5. The van der Waals surface area contributed by atoms with Crippen molar-refractivity contribution in [2.24, 2.45) is 0 Å². The Hall–Kier alpha value is -7.02. The summed E-state index contributed by atoms with van der Waals surface area (Å²) in [5, 5.41) is 4.67. The summed E-state index contributed by atoms with van der Waals surface area (Å²) >= 11 is -3.68. The topological polar surface area (TPSA) is 43.9 Å². The Morgan fingerprint density at radius 2 is 1.11 bits per heavy atom. The summed E-state index contributed by atoms with van der Waals surface area (Å²) in [6, 6.07) is 72.1. The molecule has 8 aromatic carbocycles. The number of hydrogen-bond acceptors (Lipinski definition) is 3. The second kappa shape index (κ2) is 12.5. The summed E-state index contributed by atoms with van der Waals surface area (Å²) in [5.41, 5.74) is 10.5. The van der Waals surface area contributed by atoms with Crippen LogP contribution in [0.5, 0.6) is 0 Å². The van der Waals surface area contributed by atoms with E-state index < -0.39 is 13.3 Å². The van der Waals surface area contributed by atoms with Crippen LogP contribution in [-0.4, -0.2) is 27.8 Å². The fourth-order valence-corrected chi connectivity index (χ4v) is 20.0. The van der Waals surface area contributed by atoms with E-state index in [9.17, 15) is 0 Å². The third-order valence-corrected chi connectivity index (χ3v) is 21.8. The minimum absolute atomic E-state index is 0.746. The van der Waals surface area contributed by atoms with Crippen LogP contribution in [0, 0.1) is 0 Å². The standard InChI is InChI=1S/C52H33GeN3O/c1-4-17-34(18-5-1)52-54-50(49-39-25-10-13-28-42(39)53(51(49)55-52,36-20-6-2-7-21-36)37-22-8-3-9-23-37)35-19-16-24-38(33-35)56-43-29-14-11-26-40(43)47-44(56)31-32-46-48(47)41-27-12-15-30-45(41)57-46/h1-33H. The molecule has 1 aliphatic heterocycles. The van der Waals surface area contributed by atoms with Gasteiger partial charge in [-0.1, -0.05) is 12.1 Å². The number of para-hydroxylation sites is 2. The van der Waals surface area contributed by atoms with Gasteiger partial charge in [0.25, 0.3) is 0 Å².